The summed E-state index contributed by atoms with van der Waals surface area (Å²) in [5, 5.41) is 3.63. The van der Waals surface area contributed by atoms with E-state index in [1.54, 1.807) is 12.7 Å². The number of allylic oxidation sites excluding steroid dienone is 10. The third kappa shape index (κ3) is 6.93. The minimum atomic E-state index is -0.0364. The van der Waals surface area contributed by atoms with E-state index in [0.29, 0.717) is 13.2 Å². The van der Waals surface area contributed by atoms with Crippen molar-refractivity contribution in [1.29, 1.82) is 0 Å². The van der Waals surface area contributed by atoms with Crippen molar-refractivity contribution in [2.24, 2.45) is 0 Å². The van der Waals surface area contributed by atoms with Gasteiger partial charge in [-0.25, -0.2) is 0 Å². The van der Waals surface area contributed by atoms with Gasteiger partial charge in [-0.05, 0) is 84.6 Å². The number of nitrogens with zero attached hydrogens (tertiary/aromatic N) is 1. The number of benzene rings is 2. The summed E-state index contributed by atoms with van der Waals surface area (Å²) in [7, 11) is 3.57. The molecule has 0 bridgehead atoms. The zero-order valence-electron chi connectivity index (χ0n) is 29.4. The van der Waals surface area contributed by atoms with Crippen LogP contribution in [0.15, 0.2) is 103 Å². The Bertz CT molecular complexity index is 1560. The molecule has 4 aliphatic rings. The number of anilines is 2. The van der Waals surface area contributed by atoms with Crippen LogP contribution in [0.2, 0.25) is 0 Å². The van der Waals surface area contributed by atoms with Gasteiger partial charge in [0.25, 0.3) is 0 Å². The second-order valence-electron chi connectivity index (χ2n) is 14.1. The lowest BCUT2D eigenvalue weighted by atomic mass is 9.64. The normalized spacial score (nSPS) is 20.7. The molecule has 2 fully saturated rings. The number of rotatable bonds is 13. The Balaban J connectivity index is 1.22. The summed E-state index contributed by atoms with van der Waals surface area (Å²) in [6.45, 7) is 7.74. The second kappa shape index (κ2) is 16.2. The van der Waals surface area contributed by atoms with Crippen molar-refractivity contribution >= 4 is 17.5 Å². The molecule has 0 radical (unpaired) electrons. The lowest BCUT2D eigenvalue weighted by Crippen LogP contribution is -2.35. The van der Waals surface area contributed by atoms with Crippen LogP contribution in [0, 0.1) is 0 Å². The molecule has 2 aromatic rings. The summed E-state index contributed by atoms with van der Waals surface area (Å²) in [4.78, 5) is 2.57. The summed E-state index contributed by atoms with van der Waals surface area (Å²) < 4.78 is 10.9. The first-order valence-corrected chi connectivity index (χ1v) is 18.5. The van der Waals surface area contributed by atoms with Crippen molar-refractivity contribution < 1.29 is 9.47 Å². The van der Waals surface area contributed by atoms with Gasteiger partial charge in [0, 0.05) is 55.2 Å². The largest absolute Gasteiger partial charge is 0.383 e. The topological polar surface area (TPSA) is 33.7 Å². The summed E-state index contributed by atoms with van der Waals surface area (Å²) in [5.41, 5.74) is 11.3. The third-order valence-electron chi connectivity index (χ3n) is 11.3. The third-order valence-corrected chi connectivity index (χ3v) is 11.3. The summed E-state index contributed by atoms with van der Waals surface area (Å²) >= 11 is 0. The first-order chi connectivity index (χ1) is 23.6. The van der Waals surface area contributed by atoms with Gasteiger partial charge in [0.1, 0.15) is 0 Å². The van der Waals surface area contributed by atoms with E-state index in [2.05, 4.69) is 108 Å². The molecule has 1 spiro atoms. The van der Waals surface area contributed by atoms with Crippen molar-refractivity contribution in [3.05, 3.63) is 125 Å². The first-order valence-electron chi connectivity index (χ1n) is 18.5. The number of nitrogens with one attached hydrogen (secondary N) is 1. The number of methoxy groups -OCH3 is 2. The van der Waals surface area contributed by atoms with E-state index in [0.717, 1.165) is 38.8 Å². The molecule has 6 rings (SSSR count). The minimum absolute atomic E-state index is 0.0364. The van der Waals surface area contributed by atoms with Gasteiger partial charge in [0.05, 0.1) is 13.2 Å². The molecule has 0 aromatic heterocycles. The lowest BCUT2D eigenvalue weighted by molar-refractivity contribution is 0.206. The number of hydrogen-bond acceptors (Lipinski definition) is 4. The minimum Gasteiger partial charge on any atom is -0.383 e. The molecule has 0 saturated heterocycles. The average Bonchev–Trinajstić information content (AvgIpc) is 3.38. The Hall–Kier alpha value is -3.60. The highest BCUT2D eigenvalue weighted by atomic mass is 16.5. The van der Waals surface area contributed by atoms with E-state index >= 15 is 0 Å². The van der Waals surface area contributed by atoms with Crippen molar-refractivity contribution in [3.8, 4) is 0 Å². The molecule has 0 amide bonds. The summed E-state index contributed by atoms with van der Waals surface area (Å²) in [5.74, 6) is 0. The Kier molecular flexibility index (Phi) is 11.6. The molecule has 1 aliphatic heterocycles. The van der Waals surface area contributed by atoms with Gasteiger partial charge >= 0.3 is 0 Å². The van der Waals surface area contributed by atoms with E-state index in [4.69, 9.17) is 9.47 Å². The maximum Gasteiger partial charge on any atom is 0.0642 e. The Morgan fingerprint density at radius 3 is 2.38 bits per heavy atom. The zero-order valence-corrected chi connectivity index (χ0v) is 29.4. The van der Waals surface area contributed by atoms with Gasteiger partial charge in [0.15, 0.2) is 0 Å². The number of para-hydroxylation sites is 1. The Labute approximate surface area is 290 Å². The van der Waals surface area contributed by atoms with Crippen LogP contribution >= 0.6 is 0 Å². The fourth-order valence-corrected chi connectivity index (χ4v) is 9.01. The van der Waals surface area contributed by atoms with Gasteiger partial charge in [-0.15, -0.1) is 0 Å². The molecule has 254 valence electrons. The Morgan fingerprint density at radius 1 is 0.854 bits per heavy atom. The zero-order chi connectivity index (χ0) is 33.2. The highest BCUT2D eigenvalue weighted by Gasteiger charge is 2.48. The van der Waals surface area contributed by atoms with E-state index < -0.39 is 0 Å². The number of fused-ring (bicyclic) bond motifs is 4. The average molecular weight is 645 g/mol. The monoisotopic (exact) mass is 644 g/mol. The number of hydrogen-bond donors (Lipinski definition) is 1. The molecule has 1 heterocycles. The van der Waals surface area contributed by atoms with Crippen LogP contribution in [-0.4, -0.2) is 40.5 Å². The standard InChI is InChI=1S/C44H56N2O2/c1-35(43(27-15-7-16-28-43)38-22-13-14-23-39(38)45-31-33-47-2)19-9-5-4-6-10-24-41-44(29-17-8-18-30-44)42-37-21-12-11-20-36(37)25-26-40(42)46(41)32-34-48-3/h4-6,9-10,12-14,19,21-26,45H,1,7-8,11,15-18,20,27-34H2,2-3H3/b5-4+,10-6+,19-9+,41-24+. The van der Waals surface area contributed by atoms with Gasteiger partial charge in [0.2, 0.25) is 0 Å². The molecule has 0 unspecified atom stereocenters. The fourth-order valence-electron chi connectivity index (χ4n) is 9.01. The SMILES string of the molecule is C=C(/C=C/C=C/C=C/C=C1/N(CCOC)c2ccc3c(c2C12CCCCC2)C=CCC3)C1(c2ccccc2NCCOC)CCCCC1. The number of ether oxygens (including phenoxy) is 2. The summed E-state index contributed by atoms with van der Waals surface area (Å²) in [6.07, 6.45) is 35.1. The number of aryl methyl sites for hydroxylation is 1. The maximum absolute atomic E-state index is 5.62. The van der Waals surface area contributed by atoms with Crippen molar-refractivity contribution in [2.75, 3.05) is 50.7 Å². The second-order valence-corrected chi connectivity index (χ2v) is 14.1. The van der Waals surface area contributed by atoms with Gasteiger partial charge in [-0.3, -0.25) is 0 Å². The van der Waals surface area contributed by atoms with Gasteiger partial charge in [-0.1, -0.05) is 118 Å². The predicted molar refractivity (Wildman–Crippen MR) is 204 cm³/mol. The quantitative estimate of drug-likeness (QED) is 0.174. The first kappa shape index (κ1) is 34.3. The van der Waals surface area contributed by atoms with Crippen LogP contribution in [0.5, 0.6) is 0 Å². The molecule has 1 N–H and O–H groups in total. The van der Waals surface area contributed by atoms with Crippen LogP contribution in [0.1, 0.15) is 92.9 Å². The van der Waals surface area contributed by atoms with Crippen molar-refractivity contribution in [1.82, 2.24) is 0 Å². The van der Waals surface area contributed by atoms with Crippen LogP contribution in [-0.2, 0) is 26.7 Å². The van der Waals surface area contributed by atoms with Crippen molar-refractivity contribution in [2.45, 2.75) is 87.9 Å². The molecule has 3 aliphatic carbocycles. The van der Waals surface area contributed by atoms with E-state index in [-0.39, 0.29) is 10.8 Å². The highest BCUT2D eigenvalue weighted by molar-refractivity contribution is 5.80. The summed E-state index contributed by atoms with van der Waals surface area (Å²) in [6, 6.07) is 13.6. The van der Waals surface area contributed by atoms with E-state index in [1.807, 2.05) is 7.11 Å². The lowest BCUT2D eigenvalue weighted by Gasteiger charge is -2.40. The molecule has 4 heteroatoms. The van der Waals surface area contributed by atoms with Crippen LogP contribution in [0.3, 0.4) is 0 Å². The highest BCUT2D eigenvalue weighted by Crippen LogP contribution is 2.57. The fraction of sp³-hybridized carbons (Fsp3) is 0.455. The van der Waals surface area contributed by atoms with Gasteiger partial charge in [-0.2, -0.15) is 0 Å². The smallest absolute Gasteiger partial charge is 0.0642 e. The van der Waals surface area contributed by atoms with Crippen LogP contribution in [0.25, 0.3) is 6.08 Å². The molecule has 0 atom stereocenters. The van der Waals surface area contributed by atoms with Crippen molar-refractivity contribution in [3.63, 3.8) is 0 Å². The molecule has 48 heavy (non-hydrogen) atoms. The molecular weight excluding hydrogens is 588 g/mol. The van der Waals surface area contributed by atoms with Crippen LogP contribution in [0.4, 0.5) is 11.4 Å². The molecule has 2 saturated carbocycles. The molecule has 4 nitrogen and oxygen atoms in total. The predicted octanol–water partition coefficient (Wildman–Crippen LogP) is 10.4. The molecular formula is C44H56N2O2. The van der Waals surface area contributed by atoms with E-state index in [1.165, 1.54) is 90.7 Å². The van der Waals surface area contributed by atoms with Gasteiger partial charge < -0.3 is 19.7 Å². The molecule has 2 aromatic carbocycles. The van der Waals surface area contributed by atoms with E-state index in [9.17, 15) is 0 Å². The van der Waals surface area contributed by atoms with Crippen LogP contribution < -0.4 is 10.2 Å². The Morgan fingerprint density at radius 2 is 1.58 bits per heavy atom. The maximum atomic E-state index is 5.62.